The second kappa shape index (κ2) is 6.60. The second-order valence-electron chi connectivity index (χ2n) is 5.66. The fraction of sp³-hybridized carbons (Fsp3) is 0.375. The molecule has 0 aromatic carbocycles. The topological polar surface area (TPSA) is 65.5 Å². The lowest BCUT2D eigenvalue weighted by Crippen LogP contribution is -2.49. The normalized spacial score (nSPS) is 14.7. The number of piperazine rings is 1. The lowest BCUT2D eigenvalue weighted by molar-refractivity contribution is 0.0746. The van der Waals surface area contributed by atoms with Crippen LogP contribution in [0.2, 0.25) is 0 Å². The molecule has 120 valence electrons. The molecule has 7 heteroatoms. The molecule has 1 aliphatic heterocycles. The van der Waals surface area contributed by atoms with Gasteiger partial charge in [-0.1, -0.05) is 0 Å². The van der Waals surface area contributed by atoms with Crippen LogP contribution in [0.4, 0.5) is 11.6 Å². The van der Waals surface area contributed by atoms with E-state index in [1.165, 1.54) is 0 Å². The van der Waals surface area contributed by atoms with Gasteiger partial charge < -0.3 is 14.7 Å². The number of rotatable bonds is 3. The second-order valence-corrected chi connectivity index (χ2v) is 5.66. The minimum Gasteiger partial charge on any atom is -0.361 e. The van der Waals surface area contributed by atoms with Crippen molar-refractivity contribution in [1.82, 2.24) is 20.1 Å². The van der Waals surface area contributed by atoms with Crippen LogP contribution in [0.5, 0.6) is 0 Å². The Labute approximate surface area is 135 Å². The number of anilines is 2. The molecule has 0 atom stereocenters. The number of nitrogens with zero attached hydrogens (tertiary/aromatic N) is 6. The highest BCUT2D eigenvalue weighted by Crippen LogP contribution is 2.16. The first-order valence-electron chi connectivity index (χ1n) is 7.60. The largest absolute Gasteiger partial charge is 0.361 e. The molecule has 0 N–H and O–H groups in total. The summed E-state index contributed by atoms with van der Waals surface area (Å²) in [7, 11) is 3.88. The van der Waals surface area contributed by atoms with Crippen LogP contribution in [0, 0.1) is 0 Å². The summed E-state index contributed by atoms with van der Waals surface area (Å²) in [6, 6.07) is 7.43. The Morgan fingerprint density at radius 2 is 1.70 bits per heavy atom. The van der Waals surface area contributed by atoms with E-state index in [9.17, 15) is 4.79 Å². The lowest BCUT2D eigenvalue weighted by atomic mass is 10.2. The first kappa shape index (κ1) is 15.2. The molecule has 0 unspecified atom stereocenters. The number of hydrogen-bond donors (Lipinski definition) is 0. The minimum atomic E-state index is 0.0566. The van der Waals surface area contributed by atoms with E-state index in [2.05, 4.69) is 20.1 Å². The van der Waals surface area contributed by atoms with Crippen LogP contribution in [0.25, 0.3) is 0 Å². The summed E-state index contributed by atoms with van der Waals surface area (Å²) >= 11 is 0. The highest BCUT2D eigenvalue weighted by Gasteiger charge is 2.23. The average molecular weight is 312 g/mol. The molecule has 23 heavy (non-hydrogen) atoms. The first-order chi connectivity index (χ1) is 11.1. The molecular weight excluding hydrogens is 292 g/mol. The number of pyridine rings is 1. The number of aromatic nitrogens is 3. The Morgan fingerprint density at radius 1 is 1.00 bits per heavy atom. The smallest absolute Gasteiger partial charge is 0.254 e. The Morgan fingerprint density at radius 3 is 2.26 bits per heavy atom. The van der Waals surface area contributed by atoms with Crippen molar-refractivity contribution in [3.63, 3.8) is 0 Å². The number of amides is 1. The molecule has 0 spiro atoms. The van der Waals surface area contributed by atoms with Crippen LogP contribution in [-0.2, 0) is 0 Å². The van der Waals surface area contributed by atoms with Gasteiger partial charge in [-0.05, 0) is 24.3 Å². The average Bonchev–Trinajstić information content (AvgIpc) is 2.62. The third kappa shape index (κ3) is 3.39. The summed E-state index contributed by atoms with van der Waals surface area (Å²) in [4.78, 5) is 22.3. The van der Waals surface area contributed by atoms with Crippen molar-refractivity contribution in [1.29, 1.82) is 0 Å². The minimum absolute atomic E-state index is 0.0566. The molecule has 0 saturated carbocycles. The third-order valence-electron chi connectivity index (χ3n) is 3.91. The van der Waals surface area contributed by atoms with Gasteiger partial charge in [-0.3, -0.25) is 9.78 Å². The lowest BCUT2D eigenvalue weighted by Gasteiger charge is -2.35. The molecule has 0 radical (unpaired) electrons. The monoisotopic (exact) mass is 312 g/mol. The van der Waals surface area contributed by atoms with Crippen LogP contribution in [-0.4, -0.2) is 66.3 Å². The van der Waals surface area contributed by atoms with Gasteiger partial charge >= 0.3 is 0 Å². The van der Waals surface area contributed by atoms with Crippen LogP contribution >= 0.6 is 0 Å². The highest BCUT2D eigenvalue weighted by molar-refractivity contribution is 5.94. The summed E-state index contributed by atoms with van der Waals surface area (Å²) in [5, 5.41) is 8.48. The first-order valence-corrected chi connectivity index (χ1v) is 7.60. The number of carbonyl (C=O) groups excluding carboxylic acids is 1. The van der Waals surface area contributed by atoms with Crippen LogP contribution in [0.15, 0.2) is 36.7 Å². The van der Waals surface area contributed by atoms with Crippen molar-refractivity contribution in [3.05, 3.63) is 42.2 Å². The zero-order valence-electron chi connectivity index (χ0n) is 13.4. The molecule has 1 saturated heterocycles. The molecule has 7 nitrogen and oxygen atoms in total. The molecule has 3 heterocycles. The molecule has 1 fully saturated rings. The van der Waals surface area contributed by atoms with Gasteiger partial charge in [-0.15, -0.1) is 10.2 Å². The van der Waals surface area contributed by atoms with E-state index in [0.29, 0.717) is 18.7 Å². The number of hydrogen-bond acceptors (Lipinski definition) is 6. The van der Waals surface area contributed by atoms with Crippen LogP contribution in [0.3, 0.4) is 0 Å². The van der Waals surface area contributed by atoms with E-state index in [1.807, 2.05) is 36.0 Å². The molecule has 1 aliphatic rings. The van der Waals surface area contributed by atoms with E-state index < -0.39 is 0 Å². The van der Waals surface area contributed by atoms with E-state index >= 15 is 0 Å². The van der Waals surface area contributed by atoms with Crippen LogP contribution in [0.1, 0.15) is 10.4 Å². The van der Waals surface area contributed by atoms with Gasteiger partial charge in [-0.2, -0.15) is 0 Å². The maximum atomic E-state index is 12.4. The summed E-state index contributed by atoms with van der Waals surface area (Å²) < 4.78 is 0. The Balaban J connectivity index is 1.61. The van der Waals surface area contributed by atoms with Gasteiger partial charge in [0.2, 0.25) is 0 Å². The van der Waals surface area contributed by atoms with Crippen molar-refractivity contribution in [2.24, 2.45) is 0 Å². The Bertz CT molecular complexity index is 650. The van der Waals surface area contributed by atoms with E-state index in [-0.39, 0.29) is 5.91 Å². The molecule has 0 aliphatic carbocycles. The maximum Gasteiger partial charge on any atom is 0.254 e. The Hall–Kier alpha value is -2.70. The van der Waals surface area contributed by atoms with Gasteiger partial charge in [0.25, 0.3) is 5.91 Å². The van der Waals surface area contributed by atoms with Gasteiger partial charge in [0, 0.05) is 58.2 Å². The number of carbonyl (C=O) groups is 1. The highest BCUT2D eigenvalue weighted by atomic mass is 16.2. The SMILES string of the molecule is CN(C)c1ccc(N2CCN(C(=O)c3ccncc3)CC2)nn1. The van der Waals surface area contributed by atoms with Gasteiger partial charge in [0.1, 0.15) is 0 Å². The van der Waals surface area contributed by atoms with Crippen LogP contribution < -0.4 is 9.80 Å². The van der Waals surface area contributed by atoms with Gasteiger partial charge in [0.05, 0.1) is 0 Å². The zero-order chi connectivity index (χ0) is 16.2. The van der Waals surface area contributed by atoms with Crippen molar-refractivity contribution in [3.8, 4) is 0 Å². The van der Waals surface area contributed by atoms with Crippen molar-refractivity contribution in [2.75, 3.05) is 50.1 Å². The quantitative estimate of drug-likeness (QED) is 0.839. The summed E-state index contributed by atoms with van der Waals surface area (Å²) in [6.07, 6.45) is 3.29. The van der Waals surface area contributed by atoms with E-state index in [4.69, 9.17) is 0 Å². The van der Waals surface area contributed by atoms with Gasteiger partial charge in [-0.25, -0.2) is 0 Å². The summed E-state index contributed by atoms with van der Waals surface area (Å²) in [5.41, 5.74) is 0.684. The van der Waals surface area contributed by atoms with Gasteiger partial charge in [0.15, 0.2) is 11.6 Å². The standard InChI is InChI=1S/C16H20N6O/c1-20(2)14-3-4-15(19-18-14)21-9-11-22(12-10-21)16(23)13-5-7-17-8-6-13/h3-8H,9-12H2,1-2H3. The third-order valence-corrected chi connectivity index (χ3v) is 3.91. The molecule has 3 rings (SSSR count). The fourth-order valence-corrected chi connectivity index (χ4v) is 2.54. The molecule has 1 amide bonds. The van der Waals surface area contributed by atoms with Crippen molar-refractivity contribution >= 4 is 17.5 Å². The van der Waals surface area contributed by atoms with E-state index in [1.54, 1.807) is 24.5 Å². The summed E-state index contributed by atoms with van der Waals surface area (Å²) in [6.45, 7) is 2.87. The summed E-state index contributed by atoms with van der Waals surface area (Å²) in [5.74, 6) is 1.74. The predicted octanol–water partition coefficient (Wildman–Crippen LogP) is 0.900. The molecule has 2 aromatic heterocycles. The molecule has 2 aromatic rings. The Kier molecular flexibility index (Phi) is 4.36. The van der Waals surface area contributed by atoms with Crippen molar-refractivity contribution in [2.45, 2.75) is 0 Å². The zero-order valence-corrected chi connectivity index (χ0v) is 13.4. The molecular formula is C16H20N6O. The maximum absolute atomic E-state index is 12.4. The van der Waals surface area contributed by atoms with Crippen molar-refractivity contribution < 1.29 is 4.79 Å². The molecule has 0 bridgehead atoms. The fourth-order valence-electron chi connectivity index (χ4n) is 2.54. The predicted molar refractivity (Wildman–Crippen MR) is 88.7 cm³/mol. The van der Waals surface area contributed by atoms with E-state index in [0.717, 1.165) is 24.7 Å².